The number of ketones is 2. The molecule has 0 aliphatic carbocycles. The van der Waals surface area contributed by atoms with E-state index in [0.29, 0.717) is 64.8 Å². The molecule has 4 aliphatic heterocycles. The van der Waals surface area contributed by atoms with Crippen molar-refractivity contribution >= 4 is 194 Å². The smallest absolute Gasteiger partial charge is 0.344 e. The predicted octanol–water partition coefficient (Wildman–Crippen LogP) is 5.50. The van der Waals surface area contributed by atoms with Gasteiger partial charge >= 0.3 is 11.7 Å². The first kappa shape index (κ1) is 72.4. The molecule has 0 radical (unpaired) electrons. The number of sulfone groups is 2. The molecule has 4 saturated heterocycles. The summed E-state index contributed by atoms with van der Waals surface area (Å²) in [5.41, 5.74) is 3.42. The molecule has 39 heteroatoms. The van der Waals surface area contributed by atoms with Crippen LogP contribution in [-0.4, -0.2) is 183 Å². The lowest BCUT2D eigenvalue weighted by Gasteiger charge is -2.25. The van der Waals surface area contributed by atoms with E-state index >= 15 is 0 Å². The first-order valence-corrected chi connectivity index (χ1v) is 40.8. The predicted molar refractivity (Wildman–Crippen MR) is 374 cm³/mol. The lowest BCUT2D eigenvalue weighted by molar-refractivity contribution is -0.137. The highest BCUT2D eigenvalue weighted by molar-refractivity contribution is 9.10. The van der Waals surface area contributed by atoms with Crippen molar-refractivity contribution in [1.29, 1.82) is 0 Å². The fourth-order valence-corrected chi connectivity index (χ4v) is 21.0. The van der Waals surface area contributed by atoms with Gasteiger partial charge in [-0.25, -0.2) is 55.3 Å². The van der Waals surface area contributed by atoms with Gasteiger partial charge in [0.1, 0.15) is 75.9 Å². The number of Topliss-reactive ketones (excluding diaryl/α,β-unsaturated/α-hetero) is 2. The molecule has 12 rings (SSSR count). The number of rotatable bonds is 14. The van der Waals surface area contributed by atoms with Crippen LogP contribution in [-0.2, 0) is 110 Å². The van der Waals surface area contributed by atoms with Gasteiger partial charge < -0.3 is 30.2 Å². The van der Waals surface area contributed by atoms with Gasteiger partial charge in [-0.15, -0.1) is 0 Å². The fraction of sp³-hybridized carbons (Fsp3) is 0.321. The van der Waals surface area contributed by atoms with E-state index in [1.165, 1.54) is 93.3 Å². The van der Waals surface area contributed by atoms with E-state index in [0.717, 1.165) is 0 Å². The van der Waals surface area contributed by atoms with E-state index in [9.17, 15) is 59.2 Å². The van der Waals surface area contributed by atoms with Crippen LogP contribution < -0.4 is 21.1 Å². The van der Waals surface area contributed by atoms with Crippen LogP contribution in [0.1, 0.15) is 47.7 Å². The number of hydrogen-bond donors (Lipinski definition) is 3. The molecule has 4 fully saturated rings. The molecule has 0 unspecified atom stereocenters. The standard InChI is InChI=1S/C28H25BrFN7O6S.C25H21BrFN7O4.C3H5BrO2S.S6/c1-15(38)26-20-7-16(17-9-31-28(32-10-17)43-19-13-44(41,42)14-19)5-6-21(20)37(35-26)12-25(39)36-11-18(30)8-22(36)27(40)34-24-4-2-3-23(29)33-24;1-13(35)23-17-7-14(15-9-28-25(38)29-10-15)5-6-18(17)34(32-23)12-22(36)33-11-16(27)8-19(33)24(37)31-21-4-2-3-20(26)30-21;4-3-1-7(5,6)2-3;1-3-5-6-4-2/h2-7,9-10,18-19,22H,8,11-14H2,1H3,(H,33,34,40);2-7,9-10,16,19H,8,11-12H2,1H3,(H,28,29,38)(H,30,31,37);3H,1-2H2;/t18-,22+;16-,19+;;/m11../s1. The highest BCUT2D eigenvalue weighted by Crippen LogP contribution is 2.31. The number of benzene rings is 2. The van der Waals surface area contributed by atoms with Crippen LogP contribution in [0.3, 0.4) is 0 Å². The molecular formula is C56H51Br3F2N14O12S8. The largest absolute Gasteiger partial charge is 0.458 e. The Bertz CT molecular complexity index is 4760. The summed E-state index contributed by atoms with van der Waals surface area (Å²) < 4.78 is 81.4. The molecule has 4 amide bonds. The number of alkyl halides is 3. The number of likely N-dealkylation sites (tertiary alicyclic amines) is 2. The summed E-state index contributed by atoms with van der Waals surface area (Å²) in [7, 11) is 0.0112. The molecule has 6 aromatic heterocycles. The molecule has 4 aliphatic rings. The highest BCUT2D eigenvalue weighted by Gasteiger charge is 2.42. The van der Waals surface area contributed by atoms with E-state index < -0.39 is 79.5 Å². The van der Waals surface area contributed by atoms with Crippen LogP contribution >= 0.6 is 47.8 Å². The average Bonchev–Trinajstić information content (AvgIpc) is 1.66. The van der Waals surface area contributed by atoms with Gasteiger partial charge in [-0.1, -0.05) is 40.2 Å². The Kier molecular flexibility index (Phi) is 24.4. The minimum atomic E-state index is -3.04. The number of aromatic nitrogens is 10. The second kappa shape index (κ2) is 32.0. The minimum Gasteiger partial charge on any atom is -0.458 e. The van der Waals surface area contributed by atoms with Gasteiger partial charge in [0.2, 0.25) is 23.6 Å². The first-order valence-electron chi connectivity index (χ1n) is 27.9. The topological polar surface area (TPSA) is 343 Å². The first-order chi connectivity index (χ1) is 45.2. The van der Waals surface area contributed by atoms with Crippen molar-refractivity contribution in [3.63, 3.8) is 0 Å². The lowest BCUT2D eigenvalue weighted by atomic mass is 10.0. The summed E-state index contributed by atoms with van der Waals surface area (Å²) in [6, 6.07) is 18.3. The molecule has 3 N–H and O–H groups in total. The molecule has 500 valence electrons. The van der Waals surface area contributed by atoms with Crippen LogP contribution in [0.5, 0.6) is 6.01 Å². The molecule has 8 aromatic rings. The Balaban J connectivity index is 0.000000189. The number of carbonyl (C=O) groups excluding carboxylic acids is 6. The van der Waals surface area contributed by atoms with Gasteiger partial charge in [0.25, 0.3) is 0 Å². The molecule has 95 heavy (non-hydrogen) atoms. The van der Waals surface area contributed by atoms with Gasteiger partial charge in [-0.3, -0.25) is 38.1 Å². The van der Waals surface area contributed by atoms with Gasteiger partial charge in [0, 0.05) is 136 Å². The van der Waals surface area contributed by atoms with E-state index in [-0.39, 0.29) is 96.0 Å². The number of nitrogens with one attached hydrogen (secondary N) is 3. The molecule has 0 saturated carbocycles. The quantitative estimate of drug-likeness (QED) is 0.0687. The number of halogens is 5. The molecular weight excluding hydrogens is 1590 g/mol. The lowest BCUT2D eigenvalue weighted by Crippen LogP contribution is -2.45. The Labute approximate surface area is 585 Å². The summed E-state index contributed by atoms with van der Waals surface area (Å²) in [6.45, 7) is 1.64. The molecule has 4 atom stereocenters. The normalized spacial score (nSPS) is 18.4. The second-order valence-electron chi connectivity index (χ2n) is 21.4. The van der Waals surface area contributed by atoms with Gasteiger partial charge in [-0.2, -0.15) is 10.2 Å². The molecule has 0 bridgehead atoms. The molecule has 2 aromatic carbocycles. The van der Waals surface area contributed by atoms with Gasteiger partial charge in [-0.05, 0) is 91.5 Å². The van der Waals surface area contributed by atoms with Crippen molar-refractivity contribution in [2.75, 3.05) is 46.7 Å². The number of H-pyrrole nitrogens is 1. The van der Waals surface area contributed by atoms with E-state index in [4.69, 9.17) is 4.74 Å². The van der Waals surface area contributed by atoms with E-state index in [1.54, 1.807) is 72.8 Å². The molecule has 10 heterocycles. The third kappa shape index (κ3) is 19.1. The summed E-state index contributed by atoms with van der Waals surface area (Å²) in [5.74, 6) is -1.72. The number of nitrogens with zero attached hydrogens (tertiary/aromatic N) is 11. The number of carbonyl (C=O) groups is 6. The maximum Gasteiger partial charge on any atom is 0.344 e. The third-order valence-corrected chi connectivity index (χ3v) is 27.1. The summed E-state index contributed by atoms with van der Waals surface area (Å²) in [4.78, 5) is 114. The highest BCUT2D eigenvalue weighted by atomic mass is 79.9. The average molecular weight is 1650 g/mol. The Morgan fingerprint density at radius 1 is 0.642 bits per heavy atom. The number of hydrogen-bond acceptors (Lipinski definition) is 21. The van der Waals surface area contributed by atoms with Crippen LogP contribution in [0.15, 0.2) is 112 Å². The Morgan fingerprint density at radius 3 is 1.46 bits per heavy atom. The zero-order valence-electron chi connectivity index (χ0n) is 49.2. The zero-order chi connectivity index (χ0) is 68.5. The van der Waals surface area contributed by atoms with Crippen LogP contribution in [0.4, 0.5) is 20.4 Å². The maximum absolute atomic E-state index is 14.5. The Hall–Kier alpha value is -6.82. The van der Waals surface area contributed by atoms with E-state index in [2.05, 4.69) is 121 Å². The Morgan fingerprint density at radius 2 is 1.08 bits per heavy atom. The van der Waals surface area contributed by atoms with Gasteiger partial charge in [0.15, 0.2) is 31.2 Å². The summed E-state index contributed by atoms with van der Waals surface area (Å²) >= 11 is 18.7. The van der Waals surface area contributed by atoms with E-state index in [1.807, 2.05) is 0 Å². The number of fused-ring (bicyclic) bond motifs is 2. The summed E-state index contributed by atoms with van der Waals surface area (Å²) in [6.07, 6.45) is 2.46. The number of amides is 4. The van der Waals surface area contributed by atoms with Gasteiger partial charge in [0.05, 0.1) is 47.1 Å². The number of pyridine rings is 2. The molecule has 0 spiro atoms. The van der Waals surface area contributed by atoms with Crippen molar-refractivity contribution in [1.82, 2.24) is 59.3 Å². The number of ether oxygens (including phenoxy) is 1. The SMILES string of the molecule is CC(=O)c1nn(CC(=O)N2C[C@H](F)C[C@H]2C(=O)Nc2cccc(Br)n2)c2ccc(-c3cnc(=O)[nH]c3)cc12.CC(=O)c1nn(CC(=O)N2C[C@H](F)C[C@H]2C(=O)Nc2cccc(Br)n2)c2ccc(-c3cnc(OC4CS(=O)(=O)C4)nc3)cc12.O=S1(=O)CC(Br)C1.S=S=S=S=S=S. The van der Waals surface area contributed by atoms with Crippen LogP contribution in [0, 0.1) is 0 Å². The number of aromatic amines is 1. The van der Waals surface area contributed by atoms with Crippen LogP contribution in [0.25, 0.3) is 44.1 Å². The fourth-order valence-electron chi connectivity index (χ4n) is 10.2. The zero-order valence-corrected chi connectivity index (χ0v) is 60.5. The second-order valence-corrected chi connectivity index (χ2v) is 35.7. The van der Waals surface area contributed by atoms with Crippen molar-refractivity contribution in [2.45, 2.75) is 75.1 Å². The minimum absolute atomic E-state index is 0.0582. The van der Waals surface area contributed by atoms with Crippen molar-refractivity contribution in [2.24, 2.45) is 0 Å². The van der Waals surface area contributed by atoms with Crippen LogP contribution in [0.2, 0.25) is 0 Å². The maximum atomic E-state index is 14.5. The summed E-state index contributed by atoms with van der Waals surface area (Å²) in [5, 5.41) is 15.0. The van der Waals surface area contributed by atoms with Crippen molar-refractivity contribution in [3.8, 4) is 28.3 Å². The third-order valence-electron chi connectivity index (χ3n) is 14.5. The number of anilines is 2. The molecule has 26 nitrogen and oxygen atoms in total. The van der Waals surface area contributed by atoms with Crippen molar-refractivity contribution < 1.29 is 59.1 Å². The van der Waals surface area contributed by atoms with Crippen molar-refractivity contribution in [3.05, 3.63) is 129 Å². The monoisotopic (exact) mass is 1640 g/mol.